The van der Waals surface area contributed by atoms with Crippen LogP contribution in [0.3, 0.4) is 0 Å². The maximum Gasteiger partial charge on any atom is 0.347 e. The van der Waals surface area contributed by atoms with E-state index in [-0.39, 0.29) is 12.7 Å². The minimum absolute atomic E-state index is 0.182. The molecule has 0 aliphatic rings. The van der Waals surface area contributed by atoms with E-state index >= 15 is 0 Å². The summed E-state index contributed by atoms with van der Waals surface area (Å²) in [7, 11) is 0. The minimum atomic E-state index is -0.447. The van der Waals surface area contributed by atoms with Gasteiger partial charge in [0.05, 0.1) is 17.1 Å². The van der Waals surface area contributed by atoms with Crippen LogP contribution in [0.15, 0.2) is 53.9 Å². The molecule has 0 saturated heterocycles. The van der Waals surface area contributed by atoms with Gasteiger partial charge in [0.1, 0.15) is 5.52 Å². The number of hydrogen-bond acceptors (Lipinski definition) is 5. The highest BCUT2D eigenvalue weighted by Crippen LogP contribution is 2.24. The van der Waals surface area contributed by atoms with Crippen LogP contribution in [0.4, 0.5) is 0 Å². The van der Waals surface area contributed by atoms with Gasteiger partial charge in [0.15, 0.2) is 5.36 Å². The third kappa shape index (κ3) is 2.65. The SMILES string of the molecule is CC(C)OC(=O)CON=c1c2nccc3cccc(c32)n2cccc12. The first-order valence-electron chi connectivity index (χ1n) is 8.11. The molecule has 25 heavy (non-hydrogen) atoms. The number of benzene rings is 1. The third-order valence-corrected chi connectivity index (χ3v) is 3.95. The molecule has 0 spiro atoms. The summed E-state index contributed by atoms with van der Waals surface area (Å²) < 4.78 is 7.10. The van der Waals surface area contributed by atoms with Crippen LogP contribution in [0.5, 0.6) is 0 Å². The van der Waals surface area contributed by atoms with E-state index < -0.39 is 5.97 Å². The van der Waals surface area contributed by atoms with E-state index in [1.54, 1.807) is 20.0 Å². The maximum absolute atomic E-state index is 11.6. The Hall–Kier alpha value is -3.15. The minimum Gasteiger partial charge on any atom is -0.460 e. The van der Waals surface area contributed by atoms with E-state index in [0.29, 0.717) is 5.36 Å². The van der Waals surface area contributed by atoms with Crippen molar-refractivity contribution in [3.05, 3.63) is 54.1 Å². The van der Waals surface area contributed by atoms with Crippen LogP contribution < -0.4 is 5.36 Å². The van der Waals surface area contributed by atoms with Gasteiger partial charge in [-0.15, -0.1) is 0 Å². The Labute approximate surface area is 143 Å². The Morgan fingerprint density at radius 3 is 2.88 bits per heavy atom. The zero-order valence-electron chi connectivity index (χ0n) is 14.0. The van der Waals surface area contributed by atoms with Crippen molar-refractivity contribution >= 4 is 33.3 Å². The van der Waals surface area contributed by atoms with Crippen molar-refractivity contribution in [1.82, 2.24) is 9.38 Å². The first-order chi connectivity index (χ1) is 12.1. The van der Waals surface area contributed by atoms with Crippen molar-refractivity contribution < 1.29 is 14.4 Å². The summed E-state index contributed by atoms with van der Waals surface area (Å²) in [5.41, 5.74) is 2.67. The molecule has 0 amide bonds. The van der Waals surface area contributed by atoms with Gasteiger partial charge < -0.3 is 14.0 Å². The smallest absolute Gasteiger partial charge is 0.347 e. The lowest BCUT2D eigenvalue weighted by molar-refractivity contribution is -0.152. The van der Waals surface area contributed by atoms with Crippen LogP contribution in [-0.2, 0) is 14.4 Å². The molecule has 126 valence electrons. The molecule has 0 unspecified atom stereocenters. The highest BCUT2D eigenvalue weighted by molar-refractivity contribution is 6.08. The van der Waals surface area contributed by atoms with Gasteiger partial charge in [-0.25, -0.2) is 4.79 Å². The number of fused-ring (bicyclic) bond motifs is 2. The van der Waals surface area contributed by atoms with E-state index in [0.717, 1.165) is 27.3 Å². The van der Waals surface area contributed by atoms with Gasteiger partial charge in [-0.05, 0) is 43.5 Å². The van der Waals surface area contributed by atoms with Gasteiger partial charge in [0, 0.05) is 17.8 Å². The van der Waals surface area contributed by atoms with Crippen molar-refractivity contribution in [3.63, 3.8) is 0 Å². The standard InChI is InChI=1S/C19H17N3O3/c1-12(2)25-16(23)11-24-21-18-15-7-4-10-22(15)14-6-3-5-13-8-9-20-19(18)17(13)14/h3-10,12H,11H2,1-2H3. The van der Waals surface area contributed by atoms with Crippen molar-refractivity contribution in [2.45, 2.75) is 20.0 Å². The van der Waals surface area contributed by atoms with Crippen molar-refractivity contribution in [3.8, 4) is 0 Å². The fraction of sp³-hybridized carbons (Fsp3) is 0.211. The largest absolute Gasteiger partial charge is 0.460 e. The fourth-order valence-corrected chi connectivity index (χ4v) is 3.03. The number of hydrogen-bond donors (Lipinski definition) is 0. The van der Waals surface area contributed by atoms with Crippen molar-refractivity contribution in [1.29, 1.82) is 0 Å². The van der Waals surface area contributed by atoms with Gasteiger partial charge in [-0.1, -0.05) is 17.3 Å². The molecular weight excluding hydrogens is 318 g/mol. The molecule has 1 aromatic carbocycles. The van der Waals surface area contributed by atoms with Crippen LogP contribution in [0.25, 0.3) is 27.3 Å². The van der Waals surface area contributed by atoms with Crippen molar-refractivity contribution in [2.75, 3.05) is 6.61 Å². The Kier molecular flexibility index (Phi) is 3.72. The summed E-state index contributed by atoms with van der Waals surface area (Å²) in [6.45, 7) is 3.35. The first kappa shape index (κ1) is 15.4. The Balaban J connectivity index is 1.87. The lowest BCUT2D eigenvalue weighted by atomic mass is 10.1. The van der Waals surface area contributed by atoms with E-state index in [1.807, 2.05) is 40.9 Å². The number of carbonyl (C=O) groups is 1. The van der Waals surface area contributed by atoms with Gasteiger partial charge in [-0.3, -0.25) is 4.98 Å². The van der Waals surface area contributed by atoms with E-state index in [9.17, 15) is 4.79 Å². The molecule has 0 atom stereocenters. The molecule has 0 saturated carbocycles. The summed E-state index contributed by atoms with van der Waals surface area (Å²) in [5, 5.41) is 6.90. The van der Waals surface area contributed by atoms with Crippen LogP contribution in [0.2, 0.25) is 0 Å². The van der Waals surface area contributed by atoms with E-state index in [2.05, 4.69) is 16.2 Å². The second kappa shape index (κ2) is 6.05. The number of nitrogens with zero attached hydrogens (tertiary/aromatic N) is 3. The monoisotopic (exact) mass is 335 g/mol. The van der Waals surface area contributed by atoms with E-state index in [4.69, 9.17) is 9.57 Å². The lowest BCUT2D eigenvalue weighted by Crippen LogP contribution is -2.17. The number of pyridine rings is 2. The molecule has 0 aliphatic carbocycles. The highest BCUT2D eigenvalue weighted by atomic mass is 16.7. The second-order valence-corrected chi connectivity index (χ2v) is 6.05. The average Bonchev–Trinajstić information content (AvgIpc) is 3.07. The van der Waals surface area contributed by atoms with Crippen LogP contribution in [0, 0.1) is 0 Å². The molecule has 6 heteroatoms. The lowest BCUT2D eigenvalue weighted by Gasteiger charge is -2.09. The summed E-state index contributed by atoms with van der Waals surface area (Å²) in [6.07, 6.45) is 3.54. The number of rotatable bonds is 4. The maximum atomic E-state index is 11.6. The molecule has 0 aliphatic heterocycles. The van der Waals surface area contributed by atoms with E-state index in [1.165, 1.54) is 0 Å². The average molecular weight is 335 g/mol. The quantitative estimate of drug-likeness (QED) is 0.425. The van der Waals surface area contributed by atoms with Gasteiger partial charge in [0.2, 0.25) is 6.61 Å². The Morgan fingerprint density at radius 1 is 1.20 bits per heavy atom. The zero-order valence-corrected chi connectivity index (χ0v) is 14.0. The second-order valence-electron chi connectivity index (χ2n) is 6.05. The van der Waals surface area contributed by atoms with Gasteiger partial charge in [-0.2, -0.15) is 0 Å². The topological polar surface area (TPSA) is 65.2 Å². The summed E-state index contributed by atoms with van der Waals surface area (Å²) in [4.78, 5) is 21.4. The summed E-state index contributed by atoms with van der Waals surface area (Å²) >= 11 is 0. The van der Waals surface area contributed by atoms with Crippen LogP contribution in [-0.4, -0.2) is 28.1 Å². The molecule has 0 N–H and O–H groups in total. The van der Waals surface area contributed by atoms with Crippen molar-refractivity contribution in [2.24, 2.45) is 5.16 Å². The predicted molar refractivity (Wildman–Crippen MR) is 94.1 cm³/mol. The first-order valence-corrected chi connectivity index (χ1v) is 8.11. The van der Waals surface area contributed by atoms with Crippen LogP contribution in [0.1, 0.15) is 13.8 Å². The molecule has 4 rings (SSSR count). The molecule has 3 aromatic heterocycles. The molecule has 4 aromatic rings. The molecule has 3 heterocycles. The molecule has 0 fully saturated rings. The van der Waals surface area contributed by atoms with Gasteiger partial charge >= 0.3 is 5.97 Å². The highest BCUT2D eigenvalue weighted by Gasteiger charge is 2.12. The molecule has 0 radical (unpaired) electrons. The van der Waals surface area contributed by atoms with Crippen LogP contribution >= 0.6 is 0 Å². The Morgan fingerprint density at radius 2 is 2.04 bits per heavy atom. The Bertz CT molecular complexity index is 1130. The fourth-order valence-electron chi connectivity index (χ4n) is 3.03. The number of esters is 1. The summed E-state index contributed by atoms with van der Waals surface area (Å²) in [5.74, 6) is -0.447. The number of ether oxygens (including phenoxy) is 1. The summed E-state index contributed by atoms with van der Waals surface area (Å²) in [6, 6.07) is 12.0. The molecule has 0 bridgehead atoms. The molecular formula is C19H17N3O3. The number of aromatic nitrogens is 2. The number of carbonyl (C=O) groups excluding carboxylic acids is 1. The third-order valence-electron chi connectivity index (χ3n) is 3.95. The van der Waals surface area contributed by atoms with Gasteiger partial charge in [0.25, 0.3) is 0 Å². The molecule has 6 nitrogen and oxygen atoms in total. The normalized spacial score (nSPS) is 12.5. The predicted octanol–water partition coefficient (Wildman–Crippen LogP) is 2.86. The zero-order chi connectivity index (χ0) is 17.4.